The van der Waals surface area contributed by atoms with Gasteiger partial charge in [-0.3, -0.25) is 14.3 Å². The Morgan fingerprint density at radius 2 is 2.24 bits per heavy atom. The third-order valence-electron chi connectivity index (χ3n) is 3.45. The van der Waals surface area contributed by atoms with Crippen molar-refractivity contribution in [3.05, 3.63) is 18.0 Å². The summed E-state index contributed by atoms with van der Waals surface area (Å²) in [5, 5.41) is 6.95. The molecule has 7 heteroatoms. The summed E-state index contributed by atoms with van der Waals surface area (Å²) >= 11 is 0. The maximum atomic E-state index is 12.4. The molecule has 0 radical (unpaired) electrons. The Hall–Kier alpha value is -1.89. The number of nitrogens with zero attached hydrogens (tertiary/aromatic N) is 3. The average molecular weight is 293 g/mol. The summed E-state index contributed by atoms with van der Waals surface area (Å²) in [6.07, 6.45) is 4.01. The second kappa shape index (κ2) is 6.26. The highest BCUT2D eigenvalue weighted by Crippen LogP contribution is 2.17. The molecule has 1 aromatic heterocycles. The molecule has 1 saturated heterocycles. The minimum atomic E-state index is -0.480. The number of nitrogens with one attached hydrogen (secondary N) is 1. The van der Waals surface area contributed by atoms with E-state index in [1.54, 1.807) is 22.0 Å². The first kappa shape index (κ1) is 15.5. The SMILES string of the molecule is Cc1cnn(CC(=O)N2C[C@@H](N)C[C@H]2C(=O)NC(C)C)c1. The first-order valence-corrected chi connectivity index (χ1v) is 7.21. The summed E-state index contributed by atoms with van der Waals surface area (Å²) in [6.45, 7) is 6.25. The van der Waals surface area contributed by atoms with Gasteiger partial charge >= 0.3 is 0 Å². The van der Waals surface area contributed by atoms with Crippen LogP contribution >= 0.6 is 0 Å². The largest absolute Gasteiger partial charge is 0.352 e. The zero-order valence-electron chi connectivity index (χ0n) is 12.7. The van der Waals surface area contributed by atoms with Gasteiger partial charge < -0.3 is 16.0 Å². The first-order chi connectivity index (χ1) is 9.86. The van der Waals surface area contributed by atoms with Crippen molar-refractivity contribution in [1.29, 1.82) is 0 Å². The number of likely N-dealkylation sites (tertiary alicyclic amines) is 1. The van der Waals surface area contributed by atoms with Gasteiger partial charge in [-0.2, -0.15) is 5.10 Å². The summed E-state index contributed by atoms with van der Waals surface area (Å²) < 4.78 is 1.58. The van der Waals surface area contributed by atoms with Crippen LogP contribution in [0.1, 0.15) is 25.8 Å². The van der Waals surface area contributed by atoms with E-state index in [2.05, 4.69) is 10.4 Å². The molecule has 0 spiro atoms. The zero-order chi connectivity index (χ0) is 15.6. The highest BCUT2D eigenvalue weighted by molar-refractivity contribution is 5.88. The Balaban J connectivity index is 2.04. The monoisotopic (exact) mass is 293 g/mol. The van der Waals surface area contributed by atoms with Crippen LogP contribution in [0.4, 0.5) is 0 Å². The molecule has 2 heterocycles. The number of rotatable bonds is 4. The highest BCUT2D eigenvalue weighted by Gasteiger charge is 2.38. The fraction of sp³-hybridized carbons (Fsp3) is 0.643. The lowest BCUT2D eigenvalue weighted by Gasteiger charge is -2.24. The topological polar surface area (TPSA) is 93.2 Å². The van der Waals surface area contributed by atoms with Crippen LogP contribution in [-0.4, -0.2) is 51.2 Å². The Morgan fingerprint density at radius 3 is 2.81 bits per heavy atom. The predicted molar refractivity (Wildman–Crippen MR) is 78.3 cm³/mol. The standard InChI is InChI=1S/C14H23N5O2/c1-9(2)17-14(21)12-4-11(15)7-19(12)13(20)8-18-6-10(3)5-16-18/h5-6,9,11-12H,4,7-8,15H2,1-3H3,(H,17,21)/t11-,12-/m0/s1. The molecule has 21 heavy (non-hydrogen) atoms. The summed E-state index contributed by atoms with van der Waals surface area (Å²) in [6, 6.07) is -0.595. The molecular weight excluding hydrogens is 270 g/mol. The highest BCUT2D eigenvalue weighted by atomic mass is 16.2. The van der Waals surface area contributed by atoms with E-state index in [0.717, 1.165) is 5.56 Å². The van der Waals surface area contributed by atoms with Crippen molar-refractivity contribution in [2.24, 2.45) is 5.73 Å². The molecule has 2 rings (SSSR count). The van der Waals surface area contributed by atoms with Crippen molar-refractivity contribution < 1.29 is 9.59 Å². The minimum absolute atomic E-state index is 0.0417. The van der Waals surface area contributed by atoms with Gasteiger partial charge in [0, 0.05) is 24.8 Å². The molecule has 3 N–H and O–H groups in total. The Morgan fingerprint density at radius 1 is 1.52 bits per heavy atom. The third kappa shape index (κ3) is 3.81. The minimum Gasteiger partial charge on any atom is -0.352 e. The average Bonchev–Trinajstić information content (AvgIpc) is 2.94. The Labute approximate surface area is 124 Å². The van der Waals surface area contributed by atoms with Gasteiger partial charge in [0.25, 0.3) is 0 Å². The first-order valence-electron chi connectivity index (χ1n) is 7.21. The quantitative estimate of drug-likeness (QED) is 0.793. The lowest BCUT2D eigenvalue weighted by Crippen LogP contribution is -2.48. The number of aromatic nitrogens is 2. The van der Waals surface area contributed by atoms with E-state index in [4.69, 9.17) is 5.73 Å². The molecule has 2 amide bonds. The second-order valence-corrected chi connectivity index (χ2v) is 5.94. The van der Waals surface area contributed by atoms with Gasteiger partial charge in [0.1, 0.15) is 12.6 Å². The number of aryl methyl sites for hydroxylation is 1. The summed E-state index contributed by atoms with van der Waals surface area (Å²) in [5.41, 5.74) is 6.92. The van der Waals surface area contributed by atoms with Crippen LogP contribution in [0.25, 0.3) is 0 Å². The van der Waals surface area contributed by atoms with Crippen molar-refractivity contribution in [3.8, 4) is 0 Å². The lowest BCUT2D eigenvalue weighted by atomic mass is 10.1. The molecule has 1 aromatic rings. The predicted octanol–water partition coefficient (Wildman–Crippen LogP) is -0.356. The van der Waals surface area contributed by atoms with Gasteiger partial charge in [-0.05, 0) is 32.8 Å². The molecule has 0 saturated carbocycles. The van der Waals surface area contributed by atoms with Crippen LogP contribution < -0.4 is 11.1 Å². The van der Waals surface area contributed by atoms with Crippen LogP contribution in [0.5, 0.6) is 0 Å². The number of hydrogen-bond acceptors (Lipinski definition) is 4. The van der Waals surface area contributed by atoms with Gasteiger partial charge in [0.2, 0.25) is 11.8 Å². The van der Waals surface area contributed by atoms with Crippen molar-refractivity contribution in [2.45, 2.75) is 51.9 Å². The number of carbonyl (C=O) groups excluding carboxylic acids is 2. The van der Waals surface area contributed by atoms with E-state index < -0.39 is 6.04 Å². The fourth-order valence-corrected chi connectivity index (χ4v) is 2.56. The smallest absolute Gasteiger partial charge is 0.245 e. The van der Waals surface area contributed by atoms with Crippen molar-refractivity contribution >= 4 is 11.8 Å². The summed E-state index contributed by atoms with van der Waals surface area (Å²) in [5.74, 6) is -0.266. The number of nitrogens with two attached hydrogens (primary N) is 1. The van der Waals surface area contributed by atoms with Crippen molar-refractivity contribution in [1.82, 2.24) is 20.0 Å². The van der Waals surface area contributed by atoms with Gasteiger partial charge in [-0.15, -0.1) is 0 Å². The molecule has 2 atom stereocenters. The van der Waals surface area contributed by atoms with E-state index in [0.29, 0.717) is 13.0 Å². The number of carbonyl (C=O) groups is 2. The van der Waals surface area contributed by atoms with Crippen molar-refractivity contribution in [2.75, 3.05) is 6.54 Å². The number of amides is 2. The van der Waals surface area contributed by atoms with Crippen LogP contribution in [0.3, 0.4) is 0 Å². The zero-order valence-corrected chi connectivity index (χ0v) is 12.7. The number of hydrogen-bond donors (Lipinski definition) is 2. The van der Waals surface area contributed by atoms with E-state index >= 15 is 0 Å². The third-order valence-corrected chi connectivity index (χ3v) is 3.45. The molecule has 1 fully saturated rings. The maximum absolute atomic E-state index is 12.4. The molecule has 116 valence electrons. The van der Waals surface area contributed by atoms with E-state index in [1.165, 1.54) is 0 Å². The van der Waals surface area contributed by atoms with Gasteiger partial charge in [0.05, 0.1) is 6.20 Å². The van der Waals surface area contributed by atoms with E-state index in [9.17, 15) is 9.59 Å². The molecule has 1 aliphatic heterocycles. The Bertz CT molecular complexity index is 525. The lowest BCUT2D eigenvalue weighted by molar-refractivity contribution is -0.139. The molecular formula is C14H23N5O2. The van der Waals surface area contributed by atoms with Gasteiger partial charge in [0.15, 0.2) is 0 Å². The molecule has 1 aliphatic rings. The molecule has 0 bridgehead atoms. The normalized spacial score (nSPS) is 21.9. The molecule has 7 nitrogen and oxygen atoms in total. The molecule has 0 unspecified atom stereocenters. The maximum Gasteiger partial charge on any atom is 0.245 e. The van der Waals surface area contributed by atoms with Crippen molar-refractivity contribution in [3.63, 3.8) is 0 Å². The second-order valence-electron chi connectivity index (χ2n) is 5.94. The molecule has 0 aromatic carbocycles. The Kier molecular flexibility index (Phi) is 4.62. The van der Waals surface area contributed by atoms with Gasteiger partial charge in [-0.1, -0.05) is 0 Å². The summed E-state index contributed by atoms with van der Waals surface area (Å²) in [4.78, 5) is 26.2. The fourth-order valence-electron chi connectivity index (χ4n) is 2.56. The van der Waals surface area contributed by atoms with E-state index in [-0.39, 0.29) is 30.4 Å². The van der Waals surface area contributed by atoms with Crippen LogP contribution in [0.15, 0.2) is 12.4 Å². The molecule has 0 aliphatic carbocycles. The van der Waals surface area contributed by atoms with Crippen LogP contribution in [0.2, 0.25) is 0 Å². The van der Waals surface area contributed by atoms with Gasteiger partial charge in [-0.25, -0.2) is 0 Å². The van der Waals surface area contributed by atoms with Crippen LogP contribution in [0, 0.1) is 6.92 Å². The summed E-state index contributed by atoms with van der Waals surface area (Å²) in [7, 11) is 0. The van der Waals surface area contributed by atoms with Crippen LogP contribution in [-0.2, 0) is 16.1 Å². The van der Waals surface area contributed by atoms with E-state index in [1.807, 2.05) is 20.8 Å².